The monoisotopic (exact) mass is 395 g/mol. The molecule has 5 rings (SSSR count). The third-order valence-corrected chi connectivity index (χ3v) is 5.48. The number of nitro groups is 1. The van der Waals surface area contributed by atoms with Gasteiger partial charge in [0.25, 0.3) is 5.69 Å². The number of rotatable bonds is 5. The topological polar surface area (TPSA) is 85.9 Å². The average Bonchev–Trinajstić information content (AvgIpc) is 3.35. The molecule has 0 radical (unpaired) electrons. The van der Waals surface area contributed by atoms with Crippen molar-refractivity contribution in [1.29, 1.82) is 0 Å². The molecular formula is C20H21N5O4. The Balaban J connectivity index is 1.19. The molecule has 3 aromatic rings. The number of hydrogen-bond acceptors (Lipinski definition) is 7. The van der Waals surface area contributed by atoms with Gasteiger partial charge in [-0.3, -0.25) is 24.6 Å². The Morgan fingerprint density at radius 1 is 1.00 bits per heavy atom. The van der Waals surface area contributed by atoms with Gasteiger partial charge < -0.3 is 9.47 Å². The lowest BCUT2D eigenvalue weighted by atomic mass is 10.1. The van der Waals surface area contributed by atoms with Crippen LogP contribution in [0, 0.1) is 10.1 Å². The second-order valence-corrected chi connectivity index (χ2v) is 7.37. The third-order valence-electron chi connectivity index (χ3n) is 5.48. The van der Waals surface area contributed by atoms with Gasteiger partial charge in [-0.15, -0.1) is 0 Å². The SMILES string of the molecule is O=[N+]([O-])c1ccc2c(cnn2CN2CCN(Cc3ccc4c(c3)OCO4)CC2)c1. The van der Waals surface area contributed by atoms with E-state index in [1.165, 1.54) is 11.6 Å². The summed E-state index contributed by atoms with van der Waals surface area (Å²) in [4.78, 5) is 15.3. The first-order chi connectivity index (χ1) is 14.2. The summed E-state index contributed by atoms with van der Waals surface area (Å²) in [6.07, 6.45) is 1.69. The molecule has 3 heterocycles. The van der Waals surface area contributed by atoms with Gasteiger partial charge in [-0.05, 0) is 23.8 Å². The van der Waals surface area contributed by atoms with Gasteiger partial charge >= 0.3 is 0 Å². The maximum Gasteiger partial charge on any atom is 0.270 e. The summed E-state index contributed by atoms with van der Waals surface area (Å²) in [6.45, 7) is 5.70. The zero-order valence-corrected chi connectivity index (χ0v) is 15.9. The zero-order valence-electron chi connectivity index (χ0n) is 15.9. The molecule has 29 heavy (non-hydrogen) atoms. The minimum Gasteiger partial charge on any atom is -0.454 e. The molecule has 0 amide bonds. The number of hydrogen-bond donors (Lipinski definition) is 0. The maximum absolute atomic E-state index is 10.9. The molecule has 0 unspecified atom stereocenters. The molecule has 2 aliphatic heterocycles. The number of benzene rings is 2. The molecule has 9 heteroatoms. The first-order valence-electron chi connectivity index (χ1n) is 9.59. The fourth-order valence-electron chi connectivity index (χ4n) is 3.88. The van der Waals surface area contributed by atoms with Crippen LogP contribution in [-0.4, -0.2) is 57.5 Å². The van der Waals surface area contributed by atoms with Gasteiger partial charge in [0.05, 0.1) is 23.3 Å². The van der Waals surface area contributed by atoms with Gasteiger partial charge in [0.2, 0.25) is 6.79 Å². The molecule has 0 spiro atoms. The van der Waals surface area contributed by atoms with Crippen LogP contribution >= 0.6 is 0 Å². The third kappa shape index (κ3) is 3.62. The lowest BCUT2D eigenvalue weighted by molar-refractivity contribution is -0.384. The molecule has 0 aliphatic carbocycles. The number of nitro benzene ring substituents is 1. The molecule has 1 aromatic heterocycles. The van der Waals surface area contributed by atoms with Gasteiger partial charge in [-0.2, -0.15) is 5.10 Å². The van der Waals surface area contributed by atoms with E-state index in [1.54, 1.807) is 18.3 Å². The smallest absolute Gasteiger partial charge is 0.270 e. The lowest BCUT2D eigenvalue weighted by Gasteiger charge is -2.34. The Morgan fingerprint density at radius 2 is 1.79 bits per heavy atom. The van der Waals surface area contributed by atoms with Crippen LogP contribution in [0.2, 0.25) is 0 Å². The van der Waals surface area contributed by atoms with Gasteiger partial charge in [-0.1, -0.05) is 6.07 Å². The van der Waals surface area contributed by atoms with Gasteiger partial charge in [0.15, 0.2) is 11.5 Å². The molecule has 0 atom stereocenters. The van der Waals surface area contributed by atoms with E-state index in [0.29, 0.717) is 13.5 Å². The molecule has 0 bridgehead atoms. The van der Waals surface area contributed by atoms with Crippen molar-refractivity contribution in [3.63, 3.8) is 0 Å². The van der Waals surface area contributed by atoms with E-state index in [9.17, 15) is 10.1 Å². The van der Waals surface area contributed by atoms with Crippen LogP contribution in [0.3, 0.4) is 0 Å². The average molecular weight is 395 g/mol. The minimum absolute atomic E-state index is 0.0918. The molecular weight excluding hydrogens is 374 g/mol. The standard InChI is InChI=1S/C20H21N5O4/c26-25(27)17-2-3-18-16(10-17)11-21-24(18)13-23-7-5-22(6-8-23)12-15-1-4-19-20(9-15)29-14-28-19/h1-4,9-11H,5-8,12-14H2. The van der Waals surface area contributed by atoms with Crippen molar-refractivity contribution < 1.29 is 14.4 Å². The predicted octanol–water partition coefficient (Wildman–Crippen LogP) is 2.45. The van der Waals surface area contributed by atoms with E-state index in [1.807, 2.05) is 10.7 Å². The summed E-state index contributed by atoms with van der Waals surface area (Å²) < 4.78 is 12.7. The van der Waals surface area contributed by atoms with Crippen molar-refractivity contribution in [2.24, 2.45) is 0 Å². The number of fused-ring (bicyclic) bond motifs is 2. The number of nitrogens with zero attached hydrogens (tertiary/aromatic N) is 5. The summed E-state index contributed by atoms with van der Waals surface area (Å²) in [5.41, 5.74) is 2.23. The highest BCUT2D eigenvalue weighted by Crippen LogP contribution is 2.32. The Hall–Kier alpha value is -3.17. The van der Waals surface area contributed by atoms with Crippen LogP contribution in [0.15, 0.2) is 42.6 Å². The minimum atomic E-state index is -0.379. The fraction of sp³-hybridized carbons (Fsp3) is 0.350. The van der Waals surface area contributed by atoms with Crippen LogP contribution in [0.4, 0.5) is 5.69 Å². The number of non-ortho nitro benzene ring substituents is 1. The van der Waals surface area contributed by atoms with E-state index in [-0.39, 0.29) is 10.6 Å². The molecule has 1 fully saturated rings. The van der Waals surface area contributed by atoms with Crippen molar-refractivity contribution in [2.45, 2.75) is 13.2 Å². The largest absolute Gasteiger partial charge is 0.454 e. The number of piperazine rings is 1. The first kappa shape index (κ1) is 17.9. The van der Waals surface area contributed by atoms with E-state index in [2.05, 4.69) is 27.0 Å². The van der Waals surface area contributed by atoms with E-state index in [4.69, 9.17) is 9.47 Å². The summed E-state index contributed by atoms with van der Waals surface area (Å²) in [7, 11) is 0. The van der Waals surface area contributed by atoms with Gasteiger partial charge in [0.1, 0.15) is 0 Å². The highest BCUT2D eigenvalue weighted by Gasteiger charge is 2.20. The van der Waals surface area contributed by atoms with Crippen molar-refractivity contribution in [3.05, 3.63) is 58.3 Å². The molecule has 9 nitrogen and oxygen atoms in total. The Bertz CT molecular complexity index is 1060. The highest BCUT2D eigenvalue weighted by molar-refractivity contribution is 5.81. The lowest BCUT2D eigenvalue weighted by Crippen LogP contribution is -2.46. The van der Waals surface area contributed by atoms with Crippen molar-refractivity contribution in [1.82, 2.24) is 19.6 Å². The molecule has 1 saturated heterocycles. The second-order valence-electron chi connectivity index (χ2n) is 7.37. The predicted molar refractivity (Wildman–Crippen MR) is 106 cm³/mol. The summed E-state index contributed by atoms with van der Waals surface area (Å²) in [6, 6.07) is 11.0. The Labute approximate surface area is 167 Å². The molecule has 150 valence electrons. The summed E-state index contributed by atoms with van der Waals surface area (Å²) >= 11 is 0. The van der Waals surface area contributed by atoms with Crippen molar-refractivity contribution >= 4 is 16.6 Å². The first-order valence-corrected chi connectivity index (χ1v) is 9.59. The summed E-state index contributed by atoms with van der Waals surface area (Å²) in [5, 5.41) is 16.2. The van der Waals surface area contributed by atoms with Crippen LogP contribution in [-0.2, 0) is 13.2 Å². The summed E-state index contributed by atoms with van der Waals surface area (Å²) in [5.74, 6) is 1.64. The van der Waals surface area contributed by atoms with Crippen molar-refractivity contribution in [3.8, 4) is 11.5 Å². The quantitative estimate of drug-likeness (QED) is 0.484. The molecule has 2 aliphatic rings. The van der Waals surface area contributed by atoms with Crippen LogP contribution in [0.5, 0.6) is 11.5 Å². The van der Waals surface area contributed by atoms with E-state index < -0.39 is 0 Å². The zero-order chi connectivity index (χ0) is 19.8. The number of ether oxygens (including phenoxy) is 2. The van der Waals surface area contributed by atoms with Crippen molar-refractivity contribution in [2.75, 3.05) is 33.0 Å². The number of aromatic nitrogens is 2. The second kappa shape index (κ2) is 7.34. The van der Waals surface area contributed by atoms with E-state index in [0.717, 1.165) is 55.1 Å². The van der Waals surface area contributed by atoms with Gasteiger partial charge in [-0.25, -0.2) is 0 Å². The maximum atomic E-state index is 10.9. The fourth-order valence-corrected chi connectivity index (χ4v) is 3.88. The Kier molecular flexibility index (Phi) is 4.53. The van der Waals surface area contributed by atoms with E-state index >= 15 is 0 Å². The highest BCUT2D eigenvalue weighted by atomic mass is 16.7. The van der Waals surface area contributed by atoms with Crippen LogP contribution < -0.4 is 9.47 Å². The normalized spacial score (nSPS) is 17.1. The molecule has 2 aromatic carbocycles. The Morgan fingerprint density at radius 3 is 2.62 bits per heavy atom. The van der Waals surface area contributed by atoms with Gasteiger partial charge in [0, 0.05) is 50.2 Å². The van der Waals surface area contributed by atoms with Crippen LogP contribution in [0.25, 0.3) is 10.9 Å². The molecule has 0 saturated carbocycles. The van der Waals surface area contributed by atoms with Crippen LogP contribution in [0.1, 0.15) is 5.56 Å². The molecule has 0 N–H and O–H groups in total.